The van der Waals surface area contributed by atoms with E-state index in [1.165, 1.54) is 5.56 Å². The molecular weight excluding hydrogens is 216 g/mol. The van der Waals surface area contributed by atoms with Gasteiger partial charge < -0.3 is 4.74 Å². The second-order valence-corrected chi connectivity index (χ2v) is 2.94. The van der Waals surface area contributed by atoms with E-state index in [0.717, 1.165) is 12.2 Å². The topological polar surface area (TPSA) is 9.23 Å². The third kappa shape index (κ3) is 2.70. The van der Waals surface area contributed by atoms with Gasteiger partial charge >= 0.3 is 0 Å². The highest BCUT2D eigenvalue weighted by Gasteiger charge is 1.90. The Bertz CT molecular complexity index is 251. The molecule has 0 amide bonds. The number of allylic oxidation sites excluding steroid dienone is 1. The number of halogens is 1. The van der Waals surface area contributed by atoms with Gasteiger partial charge in [-0.1, -0.05) is 34.1 Å². The van der Waals surface area contributed by atoms with Crippen molar-refractivity contribution < 1.29 is 4.74 Å². The molecule has 1 aromatic rings. The fraction of sp³-hybridized carbons (Fsp3) is 0.200. The Morgan fingerprint density at radius 3 is 2.50 bits per heavy atom. The maximum absolute atomic E-state index is 5.05. The average molecular weight is 227 g/mol. The molecule has 64 valence electrons. The quantitative estimate of drug-likeness (QED) is 0.770. The van der Waals surface area contributed by atoms with Crippen molar-refractivity contribution in [3.63, 3.8) is 0 Å². The van der Waals surface area contributed by atoms with Crippen LogP contribution in [0, 0.1) is 0 Å². The minimum absolute atomic E-state index is 0.904. The van der Waals surface area contributed by atoms with Crippen LogP contribution in [0.15, 0.2) is 35.3 Å². The lowest BCUT2D eigenvalue weighted by Gasteiger charge is -1.99. The second-order valence-electron chi connectivity index (χ2n) is 2.41. The highest BCUT2D eigenvalue weighted by Crippen LogP contribution is 2.11. The number of hydrogen-bond acceptors (Lipinski definition) is 1. The summed E-state index contributed by atoms with van der Waals surface area (Å²) in [5.74, 6) is 0.904. The Balaban J connectivity index is 2.64. The number of rotatable bonds is 3. The summed E-state index contributed by atoms with van der Waals surface area (Å²) in [5.41, 5.74) is 1.28. The van der Waals surface area contributed by atoms with Crippen molar-refractivity contribution in [2.75, 3.05) is 7.11 Å². The minimum Gasteiger partial charge on any atom is -0.497 e. The summed E-state index contributed by atoms with van der Waals surface area (Å²) in [4.78, 5) is 1.87. The van der Waals surface area contributed by atoms with Crippen LogP contribution in [-0.4, -0.2) is 7.11 Å². The number of benzene rings is 1. The molecule has 0 unspecified atom stereocenters. The Kier molecular flexibility index (Phi) is 3.88. The fourth-order valence-corrected chi connectivity index (χ4v) is 1.13. The highest BCUT2D eigenvalue weighted by molar-refractivity contribution is 9.11. The molecule has 1 rings (SSSR count). The van der Waals surface area contributed by atoms with E-state index in [2.05, 4.69) is 34.1 Å². The molecule has 0 bridgehead atoms. The molecule has 0 atom stereocenters. The van der Waals surface area contributed by atoms with Crippen LogP contribution in [0.1, 0.15) is 5.56 Å². The van der Waals surface area contributed by atoms with Gasteiger partial charge in [0, 0.05) is 0 Å². The molecule has 0 aliphatic heterocycles. The molecule has 2 heteroatoms. The first-order valence-electron chi connectivity index (χ1n) is 3.75. The van der Waals surface area contributed by atoms with Crippen molar-refractivity contribution in [1.82, 2.24) is 0 Å². The molecule has 0 radical (unpaired) electrons. The highest BCUT2D eigenvalue weighted by atomic mass is 79.9. The molecule has 0 heterocycles. The molecule has 1 nitrogen and oxygen atoms in total. The lowest BCUT2D eigenvalue weighted by atomic mass is 10.1. The van der Waals surface area contributed by atoms with Gasteiger partial charge in [-0.25, -0.2) is 0 Å². The summed E-state index contributed by atoms with van der Waals surface area (Å²) in [6.07, 6.45) is 3.01. The first-order valence-corrected chi connectivity index (χ1v) is 4.66. The molecule has 0 saturated heterocycles. The minimum atomic E-state index is 0.904. The van der Waals surface area contributed by atoms with Gasteiger partial charge in [-0.05, 0) is 29.1 Å². The van der Waals surface area contributed by atoms with E-state index in [1.54, 1.807) is 7.11 Å². The predicted molar refractivity (Wildman–Crippen MR) is 54.8 cm³/mol. The van der Waals surface area contributed by atoms with Gasteiger partial charge in [0.15, 0.2) is 0 Å². The van der Waals surface area contributed by atoms with Gasteiger partial charge in [-0.3, -0.25) is 0 Å². The molecule has 0 aliphatic carbocycles. The third-order valence-electron chi connectivity index (χ3n) is 1.60. The van der Waals surface area contributed by atoms with E-state index < -0.39 is 0 Å². The predicted octanol–water partition coefficient (Wildman–Crippen LogP) is 3.15. The van der Waals surface area contributed by atoms with Crippen LogP contribution in [0.5, 0.6) is 5.75 Å². The second kappa shape index (κ2) is 4.99. The maximum Gasteiger partial charge on any atom is 0.118 e. The van der Waals surface area contributed by atoms with Gasteiger partial charge in [0.25, 0.3) is 0 Å². The summed E-state index contributed by atoms with van der Waals surface area (Å²) in [6, 6.07) is 8.06. The molecule has 1 aromatic carbocycles. The van der Waals surface area contributed by atoms with Crippen molar-refractivity contribution in [2.24, 2.45) is 0 Å². The smallest absolute Gasteiger partial charge is 0.118 e. The van der Waals surface area contributed by atoms with Gasteiger partial charge in [0.1, 0.15) is 5.75 Å². The number of methoxy groups -OCH3 is 1. The molecule has 0 aromatic heterocycles. The van der Waals surface area contributed by atoms with Crippen molar-refractivity contribution in [3.8, 4) is 5.75 Å². The van der Waals surface area contributed by atoms with Crippen LogP contribution < -0.4 is 4.74 Å². The largest absolute Gasteiger partial charge is 0.497 e. The molecule has 12 heavy (non-hydrogen) atoms. The van der Waals surface area contributed by atoms with E-state index in [0.29, 0.717) is 0 Å². The lowest BCUT2D eigenvalue weighted by Crippen LogP contribution is -1.83. The molecular formula is C10H11BrO. The van der Waals surface area contributed by atoms with Crippen LogP contribution in [0.3, 0.4) is 0 Å². The Morgan fingerprint density at radius 1 is 1.33 bits per heavy atom. The van der Waals surface area contributed by atoms with Gasteiger partial charge in [-0.2, -0.15) is 0 Å². The monoisotopic (exact) mass is 226 g/mol. The molecule has 0 fully saturated rings. The first-order chi connectivity index (χ1) is 5.86. The van der Waals surface area contributed by atoms with Crippen molar-refractivity contribution in [1.29, 1.82) is 0 Å². The maximum atomic E-state index is 5.05. The molecule has 0 aliphatic rings. The van der Waals surface area contributed by atoms with Crippen LogP contribution in [0.25, 0.3) is 0 Å². The number of ether oxygens (including phenoxy) is 1. The third-order valence-corrected chi connectivity index (χ3v) is 1.98. The van der Waals surface area contributed by atoms with E-state index >= 15 is 0 Å². The first kappa shape index (κ1) is 9.33. The normalized spacial score (nSPS) is 10.5. The van der Waals surface area contributed by atoms with E-state index in [9.17, 15) is 0 Å². The van der Waals surface area contributed by atoms with Crippen LogP contribution in [0.4, 0.5) is 0 Å². The van der Waals surface area contributed by atoms with Crippen LogP contribution in [-0.2, 0) is 6.42 Å². The van der Waals surface area contributed by atoms with Crippen LogP contribution >= 0.6 is 15.9 Å². The molecule has 0 spiro atoms. The zero-order chi connectivity index (χ0) is 8.81. The summed E-state index contributed by atoms with van der Waals surface area (Å²) in [7, 11) is 1.67. The van der Waals surface area contributed by atoms with Crippen molar-refractivity contribution in [2.45, 2.75) is 6.42 Å². The summed E-state index contributed by atoms with van der Waals surface area (Å²) in [6.45, 7) is 0. The van der Waals surface area contributed by atoms with Gasteiger partial charge in [0.2, 0.25) is 0 Å². The van der Waals surface area contributed by atoms with E-state index in [-0.39, 0.29) is 0 Å². The summed E-state index contributed by atoms with van der Waals surface area (Å²) < 4.78 is 5.05. The summed E-state index contributed by atoms with van der Waals surface area (Å²) in [5, 5.41) is 0. The summed E-state index contributed by atoms with van der Waals surface area (Å²) >= 11 is 3.23. The zero-order valence-electron chi connectivity index (χ0n) is 6.96. The van der Waals surface area contributed by atoms with E-state index in [1.807, 2.05) is 17.1 Å². The fourth-order valence-electron chi connectivity index (χ4n) is 0.942. The lowest BCUT2D eigenvalue weighted by molar-refractivity contribution is 0.414. The van der Waals surface area contributed by atoms with Crippen molar-refractivity contribution >= 4 is 15.9 Å². The van der Waals surface area contributed by atoms with Gasteiger partial charge in [0.05, 0.1) is 7.11 Å². The Hall–Kier alpha value is -0.760. The van der Waals surface area contributed by atoms with Crippen LogP contribution in [0.2, 0.25) is 0 Å². The van der Waals surface area contributed by atoms with Crippen molar-refractivity contribution in [3.05, 3.63) is 40.9 Å². The standard InChI is InChI=1S/C10H11BrO/c1-12-10-6-4-9(5-7-10)3-2-8-11/h2,4-8H,3H2,1H3/b8-2+. The van der Waals surface area contributed by atoms with Gasteiger partial charge in [-0.15, -0.1) is 0 Å². The SMILES string of the molecule is COc1ccc(C/C=C/Br)cc1. The molecule has 0 N–H and O–H groups in total. The average Bonchev–Trinajstić information content (AvgIpc) is 2.15. The Morgan fingerprint density at radius 2 is 2.00 bits per heavy atom. The number of hydrogen-bond donors (Lipinski definition) is 0. The zero-order valence-corrected chi connectivity index (χ0v) is 8.54. The van der Waals surface area contributed by atoms with E-state index in [4.69, 9.17) is 4.74 Å². The molecule has 0 saturated carbocycles. The Labute approximate surface area is 81.2 Å².